The Morgan fingerprint density at radius 2 is 1.77 bits per heavy atom. The van der Waals surface area contributed by atoms with Crippen LogP contribution < -0.4 is 10.2 Å². The average molecular weight is 566 g/mol. The summed E-state index contributed by atoms with van der Waals surface area (Å²) >= 11 is 6.36. The lowest BCUT2D eigenvalue weighted by molar-refractivity contribution is -0.135. The number of halogens is 1. The van der Waals surface area contributed by atoms with Gasteiger partial charge in [-0.15, -0.1) is 0 Å². The second kappa shape index (κ2) is 13.3. The number of anilines is 1. The van der Waals surface area contributed by atoms with Crippen molar-refractivity contribution in [2.24, 2.45) is 16.8 Å². The summed E-state index contributed by atoms with van der Waals surface area (Å²) in [6.07, 6.45) is 8.51. The molecule has 0 radical (unpaired) electrons. The zero-order valence-corrected chi connectivity index (χ0v) is 24.0. The third-order valence-corrected chi connectivity index (χ3v) is 8.88. The number of nitrogens with zero attached hydrogens (tertiary/aromatic N) is 2. The number of benzodiazepines with no additional fused rings is 1. The van der Waals surface area contributed by atoms with Crippen molar-refractivity contribution in [3.8, 4) is 0 Å². The molecule has 3 atom stereocenters. The molecule has 8 heteroatoms. The molecule has 1 heterocycles. The maximum Gasteiger partial charge on any atom is 0.272 e. The SMILES string of the molecule is CN1C(=O)C(NC(=O)C(CC2CCCC2)[C@H](O)COC2CCCCC2)N=C(c2ccccc2)c2cc(Cl)ccc21. The molecule has 3 aliphatic rings. The van der Waals surface area contributed by atoms with E-state index in [-0.39, 0.29) is 24.5 Å². The maximum atomic E-state index is 13.8. The van der Waals surface area contributed by atoms with Gasteiger partial charge in [0.2, 0.25) is 12.1 Å². The molecule has 0 bridgehead atoms. The summed E-state index contributed by atoms with van der Waals surface area (Å²) < 4.78 is 6.07. The quantitative estimate of drug-likeness (QED) is 0.420. The normalized spacial score (nSPS) is 21.9. The van der Waals surface area contributed by atoms with Crippen LogP contribution in [0.3, 0.4) is 0 Å². The number of benzene rings is 2. The van der Waals surface area contributed by atoms with Gasteiger partial charge >= 0.3 is 0 Å². The van der Waals surface area contributed by atoms with Crippen LogP contribution in [0.2, 0.25) is 5.02 Å². The van der Waals surface area contributed by atoms with E-state index in [4.69, 9.17) is 21.3 Å². The highest BCUT2D eigenvalue weighted by atomic mass is 35.5. The Morgan fingerprint density at radius 1 is 1.07 bits per heavy atom. The van der Waals surface area contributed by atoms with Crippen molar-refractivity contribution in [2.45, 2.75) is 82.6 Å². The molecule has 1 aliphatic heterocycles. The zero-order chi connectivity index (χ0) is 28.1. The Bertz CT molecular complexity index is 1210. The molecule has 2 aromatic rings. The number of carbonyl (C=O) groups is 2. The van der Waals surface area contributed by atoms with E-state index in [2.05, 4.69) is 5.32 Å². The van der Waals surface area contributed by atoms with Crippen LogP contribution in [0.1, 0.15) is 75.3 Å². The first-order chi connectivity index (χ1) is 19.4. The highest BCUT2D eigenvalue weighted by Gasteiger charge is 2.36. The number of aliphatic imine (C=N–C) groups is 1. The molecule has 0 aromatic heterocycles. The van der Waals surface area contributed by atoms with Crippen molar-refractivity contribution in [3.05, 3.63) is 64.7 Å². The van der Waals surface area contributed by atoms with E-state index in [1.54, 1.807) is 25.2 Å². The van der Waals surface area contributed by atoms with Crippen molar-refractivity contribution < 1.29 is 19.4 Å². The molecule has 2 unspecified atom stereocenters. The van der Waals surface area contributed by atoms with Gasteiger partial charge in [-0.3, -0.25) is 9.59 Å². The van der Waals surface area contributed by atoms with E-state index >= 15 is 0 Å². The van der Waals surface area contributed by atoms with Gasteiger partial charge in [0.25, 0.3) is 5.91 Å². The van der Waals surface area contributed by atoms with Gasteiger partial charge in [0.1, 0.15) is 0 Å². The van der Waals surface area contributed by atoms with Gasteiger partial charge in [0.05, 0.1) is 36.1 Å². The van der Waals surface area contributed by atoms with Gasteiger partial charge in [0, 0.05) is 23.2 Å². The third-order valence-electron chi connectivity index (χ3n) is 8.64. The number of fused-ring (bicyclic) bond motifs is 1. The minimum Gasteiger partial charge on any atom is -0.390 e. The first-order valence-electron chi connectivity index (χ1n) is 14.7. The van der Waals surface area contributed by atoms with E-state index in [0.29, 0.717) is 28.8 Å². The van der Waals surface area contributed by atoms with Crippen molar-refractivity contribution in [1.82, 2.24) is 5.32 Å². The number of hydrogen-bond acceptors (Lipinski definition) is 5. The van der Waals surface area contributed by atoms with Gasteiger partial charge in [0.15, 0.2) is 0 Å². The highest BCUT2D eigenvalue weighted by molar-refractivity contribution is 6.32. The van der Waals surface area contributed by atoms with Crippen LogP contribution in [-0.4, -0.2) is 54.7 Å². The molecule has 5 rings (SSSR count). The molecule has 2 aliphatic carbocycles. The van der Waals surface area contributed by atoms with Crippen LogP contribution in [0.5, 0.6) is 0 Å². The van der Waals surface area contributed by atoms with E-state index in [0.717, 1.165) is 62.5 Å². The minimum absolute atomic E-state index is 0.121. The number of ether oxygens (including phenoxy) is 1. The van der Waals surface area contributed by atoms with Crippen LogP contribution in [0, 0.1) is 11.8 Å². The zero-order valence-electron chi connectivity index (χ0n) is 23.2. The topological polar surface area (TPSA) is 91.2 Å². The van der Waals surface area contributed by atoms with Gasteiger partial charge in [-0.25, -0.2) is 4.99 Å². The predicted molar refractivity (Wildman–Crippen MR) is 158 cm³/mol. The number of likely N-dealkylation sites (N-methyl/N-ethyl adjacent to an activating group) is 1. The number of hydrogen-bond donors (Lipinski definition) is 2. The van der Waals surface area contributed by atoms with E-state index in [9.17, 15) is 14.7 Å². The molecule has 40 heavy (non-hydrogen) atoms. The Kier molecular flexibility index (Phi) is 9.56. The minimum atomic E-state index is -1.14. The van der Waals surface area contributed by atoms with E-state index in [1.165, 1.54) is 11.3 Å². The second-order valence-corrected chi connectivity index (χ2v) is 11.9. The molecule has 0 spiro atoms. The molecule has 214 valence electrons. The first-order valence-corrected chi connectivity index (χ1v) is 15.1. The molecule has 2 aromatic carbocycles. The molecular formula is C32H40ClN3O4. The van der Waals surface area contributed by atoms with Crippen LogP contribution in [-0.2, 0) is 14.3 Å². The van der Waals surface area contributed by atoms with Crippen LogP contribution >= 0.6 is 11.6 Å². The standard InChI is InChI=1S/C32H40ClN3O4/c1-36-27-17-16-23(33)19-25(27)29(22-12-4-2-5-13-22)34-30(32(36)39)35-31(38)26(18-21-10-8-9-11-21)28(37)20-40-24-14-6-3-7-15-24/h2,4-5,12-13,16-17,19,21,24,26,28,30,37H,3,6-11,14-15,18,20H2,1H3,(H,35,38)/t26?,28-,30?/m1/s1. The number of amides is 2. The van der Waals surface area contributed by atoms with Crippen molar-refractivity contribution in [1.29, 1.82) is 0 Å². The second-order valence-electron chi connectivity index (χ2n) is 11.5. The molecular weight excluding hydrogens is 526 g/mol. The predicted octanol–water partition coefficient (Wildman–Crippen LogP) is 5.50. The molecule has 2 N–H and O–H groups in total. The molecule has 2 amide bonds. The average Bonchev–Trinajstić information content (AvgIpc) is 3.47. The summed E-state index contributed by atoms with van der Waals surface area (Å²) in [5.41, 5.74) is 2.78. The number of aliphatic hydroxyl groups excluding tert-OH is 1. The molecule has 0 saturated heterocycles. The molecule has 2 saturated carbocycles. The van der Waals surface area contributed by atoms with Crippen molar-refractivity contribution >= 4 is 34.8 Å². The molecule has 7 nitrogen and oxygen atoms in total. The largest absolute Gasteiger partial charge is 0.390 e. The summed E-state index contributed by atoms with van der Waals surface area (Å²) in [6.45, 7) is 0.121. The smallest absolute Gasteiger partial charge is 0.272 e. The van der Waals surface area contributed by atoms with Gasteiger partial charge in [-0.2, -0.15) is 0 Å². The Labute approximate surface area is 242 Å². The lowest BCUT2D eigenvalue weighted by Crippen LogP contribution is -2.50. The Morgan fingerprint density at radius 3 is 2.50 bits per heavy atom. The number of aliphatic hydroxyl groups is 1. The fourth-order valence-electron chi connectivity index (χ4n) is 6.33. The van der Waals surface area contributed by atoms with Crippen LogP contribution in [0.25, 0.3) is 0 Å². The summed E-state index contributed by atoms with van der Waals surface area (Å²) in [7, 11) is 1.68. The fraction of sp³-hybridized carbons (Fsp3) is 0.531. The van der Waals surface area contributed by atoms with Crippen molar-refractivity contribution in [3.63, 3.8) is 0 Å². The summed E-state index contributed by atoms with van der Waals surface area (Å²) in [6, 6.07) is 14.9. The Hall–Kier alpha value is -2.74. The third kappa shape index (κ3) is 6.76. The van der Waals surface area contributed by atoms with E-state index in [1.807, 2.05) is 30.3 Å². The highest BCUT2D eigenvalue weighted by Crippen LogP contribution is 2.33. The van der Waals surface area contributed by atoms with E-state index < -0.39 is 18.2 Å². The number of rotatable bonds is 9. The maximum absolute atomic E-state index is 13.8. The number of nitrogens with one attached hydrogen (secondary N) is 1. The van der Waals surface area contributed by atoms with Crippen LogP contribution in [0.4, 0.5) is 5.69 Å². The lowest BCUT2D eigenvalue weighted by atomic mass is 9.88. The van der Waals surface area contributed by atoms with Gasteiger partial charge < -0.3 is 20.1 Å². The summed E-state index contributed by atoms with van der Waals surface area (Å²) in [5, 5.41) is 14.7. The molecule has 2 fully saturated rings. The van der Waals surface area contributed by atoms with Gasteiger partial charge in [-0.1, -0.05) is 86.9 Å². The first kappa shape index (κ1) is 28.8. The van der Waals surface area contributed by atoms with Crippen LogP contribution in [0.15, 0.2) is 53.5 Å². The number of carbonyl (C=O) groups excluding carboxylic acids is 2. The Balaban J connectivity index is 1.40. The monoisotopic (exact) mass is 565 g/mol. The van der Waals surface area contributed by atoms with Crippen molar-refractivity contribution in [2.75, 3.05) is 18.6 Å². The van der Waals surface area contributed by atoms with Gasteiger partial charge in [-0.05, 0) is 43.4 Å². The summed E-state index contributed by atoms with van der Waals surface area (Å²) in [5.74, 6) is -1.02. The lowest BCUT2D eigenvalue weighted by Gasteiger charge is -2.29. The summed E-state index contributed by atoms with van der Waals surface area (Å²) in [4.78, 5) is 33.8. The fourth-order valence-corrected chi connectivity index (χ4v) is 6.51.